The maximum absolute atomic E-state index is 13.1. The highest BCUT2D eigenvalue weighted by Crippen LogP contribution is 2.29. The Balaban J connectivity index is 1.80. The van der Waals surface area contributed by atoms with E-state index >= 15 is 0 Å². The lowest BCUT2D eigenvalue weighted by atomic mass is 9.91. The lowest BCUT2D eigenvalue weighted by Crippen LogP contribution is -2.49. The molecular formula is C24H43N3O7S. The van der Waals surface area contributed by atoms with Gasteiger partial charge < -0.3 is 19.7 Å². The molecule has 0 saturated carbocycles. The highest BCUT2D eigenvalue weighted by atomic mass is 32.2. The summed E-state index contributed by atoms with van der Waals surface area (Å²) in [5, 5.41) is 2.20. The van der Waals surface area contributed by atoms with Gasteiger partial charge in [0, 0.05) is 25.7 Å². The van der Waals surface area contributed by atoms with Crippen molar-refractivity contribution in [3.05, 3.63) is 0 Å². The molecule has 0 aromatic carbocycles. The normalized spacial score (nSPS) is 22.3. The molecule has 0 aliphatic carbocycles. The first-order chi connectivity index (χ1) is 16.3. The summed E-state index contributed by atoms with van der Waals surface area (Å²) in [6, 6.07) is -0.434. The number of rotatable bonds is 9. The second-order valence-corrected chi connectivity index (χ2v) is 12.8. The van der Waals surface area contributed by atoms with Crippen molar-refractivity contribution in [1.82, 2.24) is 14.5 Å². The molecule has 2 amide bonds. The second-order valence-electron chi connectivity index (χ2n) is 10.6. The average molecular weight is 518 g/mol. The van der Waals surface area contributed by atoms with Gasteiger partial charge in [0.15, 0.2) is 0 Å². The molecule has 0 spiro atoms. The standard InChI is InChI=1S/C24H43N3O7S/c1-6-33-22(29)16-18(2)25-21(28)17-27-13-7-8-20(35(27,31)32)10-9-19-11-14-26(15-12-19)23(30)34-24(3,4)5/h18-20H,6-17H2,1-5H3,(H,25,28)/t18-,20?/m1/s1. The monoisotopic (exact) mass is 517 g/mol. The number of carbonyl (C=O) groups is 3. The number of hydrogen-bond acceptors (Lipinski definition) is 7. The highest BCUT2D eigenvalue weighted by molar-refractivity contribution is 7.89. The van der Waals surface area contributed by atoms with Crippen molar-refractivity contribution in [3.8, 4) is 0 Å². The van der Waals surface area contributed by atoms with Crippen LogP contribution in [0.15, 0.2) is 0 Å². The third-order valence-electron chi connectivity index (χ3n) is 6.38. The number of nitrogens with zero attached hydrogens (tertiary/aromatic N) is 2. The molecule has 1 unspecified atom stereocenters. The van der Waals surface area contributed by atoms with Crippen LogP contribution in [0.5, 0.6) is 0 Å². The lowest BCUT2D eigenvalue weighted by molar-refractivity contribution is -0.143. The fourth-order valence-electron chi connectivity index (χ4n) is 4.60. The first kappa shape index (κ1) is 29.4. The smallest absolute Gasteiger partial charge is 0.410 e. The highest BCUT2D eigenvalue weighted by Gasteiger charge is 2.37. The summed E-state index contributed by atoms with van der Waals surface area (Å²) in [5.74, 6) is -0.449. The Hall–Kier alpha value is -1.88. The van der Waals surface area contributed by atoms with Crippen LogP contribution in [0, 0.1) is 5.92 Å². The summed E-state index contributed by atoms with van der Waals surface area (Å²) >= 11 is 0. The van der Waals surface area contributed by atoms with Gasteiger partial charge >= 0.3 is 12.1 Å². The van der Waals surface area contributed by atoms with Gasteiger partial charge in [0.1, 0.15) is 5.60 Å². The summed E-state index contributed by atoms with van der Waals surface area (Å²) in [7, 11) is -3.58. The maximum Gasteiger partial charge on any atom is 0.410 e. The van der Waals surface area contributed by atoms with Gasteiger partial charge in [0.05, 0.1) is 24.8 Å². The summed E-state index contributed by atoms with van der Waals surface area (Å²) in [6.45, 7) is 10.5. The number of ether oxygens (including phenoxy) is 2. The largest absolute Gasteiger partial charge is 0.466 e. The second kappa shape index (κ2) is 12.9. The van der Waals surface area contributed by atoms with Crippen LogP contribution in [0.1, 0.15) is 79.6 Å². The van der Waals surface area contributed by atoms with Gasteiger partial charge in [0.2, 0.25) is 15.9 Å². The Morgan fingerprint density at radius 2 is 1.71 bits per heavy atom. The van der Waals surface area contributed by atoms with E-state index < -0.39 is 38.8 Å². The Labute approximate surface area is 210 Å². The van der Waals surface area contributed by atoms with Gasteiger partial charge in [-0.05, 0) is 79.1 Å². The van der Waals surface area contributed by atoms with E-state index in [-0.39, 0.29) is 25.7 Å². The van der Waals surface area contributed by atoms with Crippen molar-refractivity contribution in [2.75, 3.05) is 32.8 Å². The summed E-state index contributed by atoms with van der Waals surface area (Å²) in [6.07, 6.45) is 4.05. The van der Waals surface area contributed by atoms with Gasteiger partial charge in [-0.15, -0.1) is 0 Å². The molecule has 2 atom stereocenters. The molecule has 2 aliphatic heterocycles. The molecule has 2 fully saturated rings. The van der Waals surface area contributed by atoms with Gasteiger partial charge in [-0.1, -0.05) is 0 Å². The van der Waals surface area contributed by atoms with E-state index in [2.05, 4.69) is 5.32 Å². The third-order valence-corrected chi connectivity index (χ3v) is 8.73. The number of sulfonamides is 1. The minimum Gasteiger partial charge on any atom is -0.466 e. The minimum atomic E-state index is -3.58. The van der Waals surface area contributed by atoms with E-state index in [1.165, 1.54) is 4.31 Å². The molecule has 35 heavy (non-hydrogen) atoms. The average Bonchev–Trinajstić information content (AvgIpc) is 2.73. The zero-order valence-corrected chi connectivity index (χ0v) is 22.7. The van der Waals surface area contributed by atoms with Crippen molar-refractivity contribution >= 4 is 28.0 Å². The van der Waals surface area contributed by atoms with Crippen molar-refractivity contribution in [2.24, 2.45) is 5.92 Å². The van der Waals surface area contributed by atoms with Crippen LogP contribution in [0.3, 0.4) is 0 Å². The molecule has 2 rings (SSSR count). The van der Waals surface area contributed by atoms with Crippen LogP contribution in [0.4, 0.5) is 4.79 Å². The third kappa shape index (κ3) is 9.59. The van der Waals surface area contributed by atoms with Crippen molar-refractivity contribution in [3.63, 3.8) is 0 Å². The number of piperidine rings is 1. The predicted molar refractivity (Wildman–Crippen MR) is 132 cm³/mol. The molecular weight excluding hydrogens is 474 g/mol. The lowest BCUT2D eigenvalue weighted by Gasteiger charge is -2.35. The first-order valence-corrected chi connectivity index (χ1v) is 14.2. The number of esters is 1. The molecule has 10 nitrogen and oxygen atoms in total. The van der Waals surface area contributed by atoms with Gasteiger partial charge in [0.25, 0.3) is 0 Å². The number of amides is 2. The van der Waals surface area contributed by atoms with Crippen LogP contribution in [0.2, 0.25) is 0 Å². The Bertz CT molecular complexity index is 833. The molecule has 202 valence electrons. The van der Waals surface area contributed by atoms with Crippen LogP contribution in [-0.2, 0) is 29.1 Å². The van der Waals surface area contributed by atoms with Gasteiger partial charge in [-0.2, -0.15) is 4.31 Å². The van der Waals surface area contributed by atoms with Crippen molar-refractivity contribution < 1.29 is 32.3 Å². The van der Waals surface area contributed by atoms with Gasteiger partial charge in [-0.25, -0.2) is 13.2 Å². The minimum absolute atomic E-state index is 0.0434. The van der Waals surface area contributed by atoms with E-state index in [4.69, 9.17) is 9.47 Å². The first-order valence-electron chi connectivity index (χ1n) is 12.7. The van der Waals surface area contributed by atoms with E-state index in [0.29, 0.717) is 44.8 Å². The fraction of sp³-hybridized carbons (Fsp3) is 0.875. The quantitative estimate of drug-likeness (QED) is 0.467. The van der Waals surface area contributed by atoms with E-state index in [1.54, 1.807) is 18.7 Å². The van der Waals surface area contributed by atoms with Crippen molar-refractivity contribution in [2.45, 2.75) is 96.5 Å². The summed E-state index contributed by atoms with van der Waals surface area (Å²) in [5.41, 5.74) is -0.523. The summed E-state index contributed by atoms with van der Waals surface area (Å²) in [4.78, 5) is 38.0. The number of carbonyl (C=O) groups excluding carboxylic acids is 3. The summed E-state index contributed by atoms with van der Waals surface area (Å²) < 4.78 is 37.9. The molecule has 2 saturated heterocycles. The number of nitrogens with one attached hydrogen (secondary N) is 1. The SMILES string of the molecule is CCOC(=O)C[C@@H](C)NC(=O)CN1CCCC(CCC2CCN(C(=O)OC(C)(C)C)CC2)S1(=O)=O. The molecule has 2 heterocycles. The Morgan fingerprint density at radius 1 is 1.06 bits per heavy atom. The number of hydrogen-bond donors (Lipinski definition) is 1. The van der Waals surface area contributed by atoms with Crippen LogP contribution in [-0.4, -0.2) is 85.3 Å². The molecule has 0 bridgehead atoms. The van der Waals surface area contributed by atoms with Crippen LogP contribution >= 0.6 is 0 Å². The van der Waals surface area contributed by atoms with E-state index in [1.807, 2.05) is 20.8 Å². The van der Waals surface area contributed by atoms with Gasteiger partial charge in [-0.3, -0.25) is 9.59 Å². The van der Waals surface area contributed by atoms with Crippen LogP contribution < -0.4 is 5.32 Å². The molecule has 0 radical (unpaired) electrons. The predicted octanol–water partition coefficient (Wildman–Crippen LogP) is 2.67. The Morgan fingerprint density at radius 3 is 2.31 bits per heavy atom. The van der Waals surface area contributed by atoms with E-state index in [0.717, 1.165) is 19.3 Å². The molecule has 0 aromatic heterocycles. The molecule has 0 aromatic rings. The van der Waals surface area contributed by atoms with Crippen LogP contribution in [0.25, 0.3) is 0 Å². The number of likely N-dealkylation sites (tertiary alicyclic amines) is 1. The zero-order chi connectivity index (χ0) is 26.2. The Kier molecular flexibility index (Phi) is 10.8. The molecule has 2 aliphatic rings. The zero-order valence-electron chi connectivity index (χ0n) is 21.9. The van der Waals surface area contributed by atoms with E-state index in [9.17, 15) is 22.8 Å². The molecule has 1 N–H and O–H groups in total. The maximum atomic E-state index is 13.1. The van der Waals surface area contributed by atoms with Crippen molar-refractivity contribution in [1.29, 1.82) is 0 Å². The fourth-order valence-corrected chi connectivity index (χ4v) is 6.60. The molecule has 11 heteroatoms. The topological polar surface area (TPSA) is 122 Å².